The number of carbonyl (C=O) groups excluding carboxylic acids is 1. The molecule has 0 aliphatic carbocycles. The van der Waals surface area contributed by atoms with Crippen LogP contribution in [0.4, 0.5) is 0 Å². The number of hydrogen-bond acceptors (Lipinski definition) is 4. The van der Waals surface area contributed by atoms with Gasteiger partial charge >= 0.3 is 0 Å². The Labute approximate surface area is 164 Å². The fourth-order valence-electron chi connectivity index (χ4n) is 3.23. The lowest BCUT2D eigenvalue weighted by molar-refractivity contribution is -0.126. The summed E-state index contributed by atoms with van der Waals surface area (Å²) in [5, 5.41) is 3.58. The van der Waals surface area contributed by atoms with Gasteiger partial charge in [0, 0.05) is 6.54 Å². The van der Waals surface area contributed by atoms with Crippen LogP contribution in [-0.2, 0) is 17.9 Å². The number of amides is 1. The highest BCUT2D eigenvalue weighted by Gasteiger charge is 2.21. The first kappa shape index (κ1) is 19.8. The average Bonchev–Trinajstić information content (AvgIpc) is 2.70. The summed E-state index contributed by atoms with van der Waals surface area (Å²) in [6, 6.07) is 14.9. The number of fused-ring (bicyclic) bond motifs is 1. The zero-order valence-electron chi connectivity index (χ0n) is 16.5. The molecular weight excluding hydrogens is 352 g/mol. The van der Waals surface area contributed by atoms with Gasteiger partial charge in [-0.1, -0.05) is 43.3 Å². The SMILES string of the molecule is CCN(Cc1nc2ccccc2c(=O)[nH]1)C(C)C(=O)NCc1ccccc1C. The van der Waals surface area contributed by atoms with Gasteiger partial charge in [-0.25, -0.2) is 4.98 Å². The van der Waals surface area contributed by atoms with Crippen LogP contribution in [0, 0.1) is 6.92 Å². The number of H-pyrrole nitrogens is 1. The predicted octanol–water partition coefficient (Wildman–Crippen LogP) is 2.76. The van der Waals surface area contributed by atoms with Gasteiger partial charge in [-0.3, -0.25) is 14.5 Å². The number of hydrogen-bond donors (Lipinski definition) is 2. The number of carbonyl (C=O) groups is 1. The number of nitrogens with zero attached hydrogens (tertiary/aromatic N) is 2. The Morgan fingerprint density at radius 1 is 1.18 bits per heavy atom. The molecule has 3 aromatic rings. The van der Waals surface area contributed by atoms with E-state index >= 15 is 0 Å². The maximum absolute atomic E-state index is 12.7. The van der Waals surface area contributed by atoms with Crippen molar-refractivity contribution in [3.05, 3.63) is 75.8 Å². The third-order valence-electron chi connectivity index (χ3n) is 5.06. The number of aromatic amines is 1. The van der Waals surface area contributed by atoms with E-state index in [0.717, 1.165) is 11.1 Å². The maximum atomic E-state index is 12.7. The molecule has 2 N–H and O–H groups in total. The van der Waals surface area contributed by atoms with Gasteiger partial charge in [-0.2, -0.15) is 0 Å². The Hall–Kier alpha value is -2.99. The van der Waals surface area contributed by atoms with Crippen LogP contribution in [0.1, 0.15) is 30.8 Å². The highest BCUT2D eigenvalue weighted by Crippen LogP contribution is 2.10. The van der Waals surface area contributed by atoms with Gasteiger partial charge < -0.3 is 10.3 Å². The number of aryl methyl sites for hydroxylation is 1. The first-order chi connectivity index (χ1) is 13.5. The molecule has 146 valence electrons. The number of aromatic nitrogens is 2. The molecule has 0 saturated heterocycles. The monoisotopic (exact) mass is 378 g/mol. The Morgan fingerprint density at radius 2 is 1.89 bits per heavy atom. The molecule has 6 heteroatoms. The topological polar surface area (TPSA) is 78.1 Å². The zero-order valence-corrected chi connectivity index (χ0v) is 16.5. The van der Waals surface area contributed by atoms with Crippen LogP contribution in [0.2, 0.25) is 0 Å². The molecule has 0 spiro atoms. The number of likely N-dealkylation sites (N-methyl/N-ethyl adjacent to an activating group) is 1. The number of benzene rings is 2. The Bertz CT molecular complexity index is 1030. The fraction of sp³-hybridized carbons (Fsp3) is 0.318. The van der Waals surface area contributed by atoms with E-state index in [1.807, 2.05) is 68.1 Å². The van der Waals surface area contributed by atoms with Crippen LogP contribution in [0.3, 0.4) is 0 Å². The third-order valence-corrected chi connectivity index (χ3v) is 5.06. The largest absolute Gasteiger partial charge is 0.351 e. The van der Waals surface area contributed by atoms with Crippen molar-refractivity contribution in [3.63, 3.8) is 0 Å². The minimum Gasteiger partial charge on any atom is -0.351 e. The molecule has 6 nitrogen and oxygen atoms in total. The van der Waals surface area contributed by atoms with Gasteiger partial charge in [-0.05, 0) is 43.7 Å². The van der Waals surface area contributed by atoms with E-state index in [0.29, 0.717) is 36.4 Å². The maximum Gasteiger partial charge on any atom is 0.258 e. The second kappa shape index (κ2) is 8.80. The summed E-state index contributed by atoms with van der Waals surface area (Å²) >= 11 is 0. The van der Waals surface area contributed by atoms with E-state index in [4.69, 9.17) is 0 Å². The van der Waals surface area contributed by atoms with Gasteiger partial charge in [-0.15, -0.1) is 0 Å². The minimum absolute atomic E-state index is 0.0479. The third kappa shape index (κ3) is 4.46. The summed E-state index contributed by atoms with van der Waals surface area (Å²) in [5.74, 6) is 0.511. The van der Waals surface area contributed by atoms with Gasteiger partial charge in [0.1, 0.15) is 5.82 Å². The molecule has 0 bridgehead atoms. The molecule has 0 saturated carbocycles. The van der Waals surface area contributed by atoms with E-state index < -0.39 is 0 Å². The first-order valence-corrected chi connectivity index (χ1v) is 9.53. The highest BCUT2D eigenvalue weighted by atomic mass is 16.2. The smallest absolute Gasteiger partial charge is 0.258 e. The van der Waals surface area contributed by atoms with E-state index in [2.05, 4.69) is 15.3 Å². The Morgan fingerprint density at radius 3 is 2.64 bits per heavy atom. The second-order valence-corrected chi connectivity index (χ2v) is 6.91. The van der Waals surface area contributed by atoms with Gasteiger partial charge in [0.25, 0.3) is 5.56 Å². The molecule has 1 unspecified atom stereocenters. The van der Waals surface area contributed by atoms with Crippen LogP contribution in [0.15, 0.2) is 53.3 Å². The van der Waals surface area contributed by atoms with Crippen LogP contribution in [0.5, 0.6) is 0 Å². The first-order valence-electron chi connectivity index (χ1n) is 9.53. The highest BCUT2D eigenvalue weighted by molar-refractivity contribution is 5.81. The summed E-state index contributed by atoms with van der Waals surface area (Å²) in [7, 11) is 0. The molecule has 1 aromatic heterocycles. The van der Waals surface area contributed by atoms with Crippen molar-refractivity contribution in [2.24, 2.45) is 0 Å². The van der Waals surface area contributed by atoms with Crippen molar-refractivity contribution in [2.45, 2.75) is 39.9 Å². The van der Waals surface area contributed by atoms with Gasteiger partial charge in [0.2, 0.25) is 5.91 Å². The van der Waals surface area contributed by atoms with Gasteiger partial charge in [0.05, 0.1) is 23.5 Å². The average molecular weight is 378 g/mol. The van der Waals surface area contributed by atoms with Crippen LogP contribution in [-0.4, -0.2) is 33.4 Å². The molecule has 1 amide bonds. The molecule has 3 rings (SSSR count). The molecule has 28 heavy (non-hydrogen) atoms. The van der Waals surface area contributed by atoms with E-state index in [1.165, 1.54) is 0 Å². The van der Waals surface area contributed by atoms with E-state index in [1.54, 1.807) is 6.07 Å². The summed E-state index contributed by atoms with van der Waals surface area (Å²) in [4.78, 5) is 34.3. The summed E-state index contributed by atoms with van der Waals surface area (Å²) < 4.78 is 0. The van der Waals surface area contributed by atoms with Crippen LogP contribution >= 0.6 is 0 Å². The molecule has 2 aromatic carbocycles. The fourth-order valence-corrected chi connectivity index (χ4v) is 3.23. The summed E-state index contributed by atoms with van der Waals surface area (Å²) in [6.07, 6.45) is 0. The van der Waals surface area contributed by atoms with Crippen LogP contribution in [0.25, 0.3) is 10.9 Å². The number of nitrogens with one attached hydrogen (secondary N) is 2. The Balaban J connectivity index is 1.69. The number of para-hydroxylation sites is 1. The molecule has 1 heterocycles. The quantitative estimate of drug-likeness (QED) is 0.663. The zero-order chi connectivity index (χ0) is 20.1. The van der Waals surface area contributed by atoms with Crippen molar-refractivity contribution < 1.29 is 4.79 Å². The molecule has 0 radical (unpaired) electrons. The molecule has 0 aliphatic heterocycles. The van der Waals surface area contributed by atoms with Crippen molar-refractivity contribution >= 4 is 16.8 Å². The molecule has 0 fully saturated rings. The van der Waals surface area contributed by atoms with Crippen molar-refractivity contribution in [1.82, 2.24) is 20.2 Å². The summed E-state index contributed by atoms with van der Waals surface area (Å²) in [6.45, 7) is 7.45. The van der Waals surface area contributed by atoms with Crippen molar-refractivity contribution in [1.29, 1.82) is 0 Å². The van der Waals surface area contributed by atoms with E-state index in [9.17, 15) is 9.59 Å². The molecule has 0 aliphatic rings. The standard InChI is InChI=1S/C22H26N4O2/c1-4-26(14-20-24-19-12-8-7-11-18(19)22(28)25-20)16(3)21(27)23-13-17-10-6-5-9-15(17)2/h5-12,16H,4,13-14H2,1-3H3,(H,23,27)(H,24,25,28). The van der Waals surface area contributed by atoms with E-state index in [-0.39, 0.29) is 17.5 Å². The van der Waals surface area contributed by atoms with Gasteiger partial charge in [0.15, 0.2) is 0 Å². The van der Waals surface area contributed by atoms with Crippen molar-refractivity contribution in [3.8, 4) is 0 Å². The lowest BCUT2D eigenvalue weighted by Gasteiger charge is -2.26. The normalized spacial score (nSPS) is 12.3. The number of rotatable bonds is 7. The lowest BCUT2D eigenvalue weighted by atomic mass is 10.1. The minimum atomic E-state index is -0.342. The van der Waals surface area contributed by atoms with Crippen molar-refractivity contribution in [2.75, 3.05) is 6.54 Å². The predicted molar refractivity (Wildman–Crippen MR) is 111 cm³/mol. The Kier molecular flexibility index (Phi) is 6.21. The second-order valence-electron chi connectivity index (χ2n) is 6.91. The van der Waals surface area contributed by atoms with Crippen LogP contribution < -0.4 is 10.9 Å². The summed E-state index contributed by atoms with van der Waals surface area (Å²) in [5.41, 5.74) is 2.76. The molecular formula is C22H26N4O2. The molecule has 1 atom stereocenters. The lowest BCUT2D eigenvalue weighted by Crippen LogP contribution is -2.45.